The highest BCUT2D eigenvalue weighted by Gasteiger charge is 2.28. The molecule has 6 nitrogen and oxygen atoms in total. The number of aliphatic hydroxyl groups is 4. The minimum absolute atomic E-state index is 0.358. The number of amides is 1. The quantitative estimate of drug-likeness (QED) is 0.0308. The Hall–Kier alpha value is -1.73. The molecule has 0 fully saturated rings. The zero-order chi connectivity index (χ0) is 54.4. The van der Waals surface area contributed by atoms with Crippen molar-refractivity contribution in [2.24, 2.45) is 0 Å². The van der Waals surface area contributed by atoms with Crippen molar-refractivity contribution in [1.29, 1.82) is 0 Å². The zero-order valence-electron chi connectivity index (χ0n) is 50.3. The molecular formula is C69H131NO5. The summed E-state index contributed by atoms with van der Waals surface area (Å²) in [6, 6.07) is -1.01. The average Bonchev–Trinajstić information content (AvgIpc) is 3.42. The van der Waals surface area contributed by atoms with Crippen molar-refractivity contribution in [3.63, 3.8) is 0 Å². The Kier molecular flexibility index (Phi) is 61.6. The Labute approximate surface area is 468 Å². The molecule has 442 valence electrons. The van der Waals surface area contributed by atoms with E-state index >= 15 is 0 Å². The SMILES string of the molecule is CCCCCCCCCCC/C=C\C/C=C\CCCCCCCCCCCCCCC(O)C(=O)NC(CO)C(O)C(O)CCC/C=C/CC/C=C/CCCCCCCCCCCCCCCCCCCCCCCC. The van der Waals surface area contributed by atoms with Crippen molar-refractivity contribution in [2.75, 3.05) is 6.61 Å². The van der Waals surface area contributed by atoms with Crippen molar-refractivity contribution in [3.05, 3.63) is 48.6 Å². The van der Waals surface area contributed by atoms with E-state index in [1.807, 2.05) is 0 Å². The smallest absolute Gasteiger partial charge is 0.249 e. The van der Waals surface area contributed by atoms with Crippen molar-refractivity contribution in [3.8, 4) is 0 Å². The van der Waals surface area contributed by atoms with Crippen LogP contribution in [-0.4, -0.2) is 57.3 Å². The number of rotatable bonds is 62. The minimum Gasteiger partial charge on any atom is -0.394 e. The monoisotopic (exact) mass is 1050 g/mol. The zero-order valence-corrected chi connectivity index (χ0v) is 50.3. The molecule has 0 aromatic heterocycles. The normalized spacial score (nSPS) is 13.8. The molecular weight excluding hydrogens is 923 g/mol. The summed E-state index contributed by atoms with van der Waals surface area (Å²) in [6.07, 6.45) is 82.2. The summed E-state index contributed by atoms with van der Waals surface area (Å²) in [7, 11) is 0. The predicted octanol–water partition coefficient (Wildman–Crippen LogP) is 20.5. The van der Waals surface area contributed by atoms with Gasteiger partial charge in [-0.3, -0.25) is 4.79 Å². The van der Waals surface area contributed by atoms with Crippen LogP contribution in [0.3, 0.4) is 0 Å². The summed E-state index contributed by atoms with van der Waals surface area (Å²) >= 11 is 0. The van der Waals surface area contributed by atoms with E-state index in [0.29, 0.717) is 19.3 Å². The molecule has 5 N–H and O–H groups in total. The fourth-order valence-electron chi connectivity index (χ4n) is 10.5. The van der Waals surface area contributed by atoms with Crippen LogP contribution in [0.5, 0.6) is 0 Å². The van der Waals surface area contributed by atoms with E-state index in [1.165, 1.54) is 276 Å². The van der Waals surface area contributed by atoms with Gasteiger partial charge in [-0.25, -0.2) is 0 Å². The highest BCUT2D eigenvalue weighted by Crippen LogP contribution is 2.18. The lowest BCUT2D eigenvalue weighted by molar-refractivity contribution is -0.132. The second-order valence-electron chi connectivity index (χ2n) is 23.2. The van der Waals surface area contributed by atoms with Gasteiger partial charge < -0.3 is 25.7 Å². The number of aliphatic hydroxyl groups excluding tert-OH is 4. The van der Waals surface area contributed by atoms with Crippen LogP contribution < -0.4 is 5.32 Å². The molecule has 6 heteroatoms. The third-order valence-corrected chi connectivity index (χ3v) is 15.7. The van der Waals surface area contributed by atoms with Crippen LogP contribution in [0.4, 0.5) is 0 Å². The number of carbonyl (C=O) groups excluding carboxylic acids is 1. The highest BCUT2D eigenvalue weighted by molar-refractivity contribution is 5.80. The van der Waals surface area contributed by atoms with Crippen LogP contribution in [0.2, 0.25) is 0 Å². The van der Waals surface area contributed by atoms with E-state index in [-0.39, 0.29) is 0 Å². The maximum absolute atomic E-state index is 12.6. The fraction of sp³-hybridized carbons (Fsp3) is 0.870. The first-order valence-corrected chi connectivity index (χ1v) is 33.5. The molecule has 4 unspecified atom stereocenters. The lowest BCUT2D eigenvalue weighted by atomic mass is 10.00. The Morgan fingerprint density at radius 1 is 0.333 bits per heavy atom. The Morgan fingerprint density at radius 2 is 0.600 bits per heavy atom. The molecule has 0 spiro atoms. The standard InChI is InChI=1S/C69H131NO5/c1-3-5-7-9-11-13-15-17-19-21-23-25-27-29-31-33-34-35-37-38-40-42-44-46-48-50-52-54-56-58-60-62-66(72)68(74)65(64-71)70-69(75)67(73)63-61-59-57-55-53-51-49-47-45-43-41-39-36-32-30-28-26-24-22-20-18-16-14-12-10-8-6-4-2/h24,26,30,32,46,48,54,56,65-68,71-74H,3-23,25,27-29,31,33-45,47,49-53,55,57-64H2,1-2H3,(H,70,75)/b26-24-,32-30-,48-46+,56-54+. The van der Waals surface area contributed by atoms with Gasteiger partial charge in [0.2, 0.25) is 5.91 Å². The lowest BCUT2D eigenvalue weighted by Crippen LogP contribution is -2.53. The third kappa shape index (κ3) is 56.8. The van der Waals surface area contributed by atoms with E-state index in [0.717, 1.165) is 44.9 Å². The predicted molar refractivity (Wildman–Crippen MR) is 330 cm³/mol. The summed E-state index contributed by atoms with van der Waals surface area (Å²) < 4.78 is 0. The first kappa shape index (κ1) is 73.3. The third-order valence-electron chi connectivity index (χ3n) is 15.7. The number of unbranched alkanes of at least 4 members (excludes halogenated alkanes) is 45. The van der Waals surface area contributed by atoms with Gasteiger partial charge in [-0.05, 0) is 83.5 Å². The van der Waals surface area contributed by atoms with Gasteiger partial charge in [0.05, 0.1) is 18.8 Å². The summed E-state index contributed by atoms with van der Waals surface area (Å²) in [5, 5.41) is 44.1. The number of hydrogen-bond acceptors (Lipinski definition) is 5. The molecule has 75 heavy (non-hydrogen) atoms. The van der Waals surface area contributed by atoms with E-state index < -0.39 is 36.9 Å². The number of nitrogens with one attached hydrogen (secondary N) is 1. The minimum atomic E-state index is -1.29. The topological polar surface area (TPSA) is 110 Å². The molecule has 4 atom stereocenters. The highest BCUT2D eigenvalue weighted by atomic mass is 16.3. The Morgan fingerprint density at radius 3 is 0.920 bits per heavy atom. The summed E-state index contributed by atoms with van der Waals surface area (Å²) in [6.45, 7) is 4.08. The van der Waals surface area contributed by atoms with Gasteiger partial charge in [0.15, 0.2) is 0 Å². The molecule has 0 saturated heterocycles. The van der Waals surface area contributed by atoms with Gasteiger partial charge in [-0.2, -0.15) is 0 Å². The van der Waals surface area contributed by atoms with Gasteiger partial charge in [0, 0.05) is 0 Å². The van der Waals surface area contributed by atoms with Gasteiger partial charge in [0.25, 0.3) is 0 Å². The molecule has 0 radical (unpaired) electrons. The molecule has 0 aliphatic carbocycles. The second-order valence-corrected chi connectivity index (χ2v) is 23.2. The molecule has 0 aromatic carbocycles. The van der Waals surface area contributed by atoms with Crippen LogP contribution in [0.25, 0.3) is 0 Å². The van der Waals surface area contributed by atoms with Crippen LogP contribution in [0.1, 0.15) is 354 Å². The van der Waals surface area contributed by atoms with Crippen molar-refractivity contribution < 1.29 is 25.2 Å². The van der Waals surface area contributed by atoms with Crippen LogP contribution >= 0.6 is 0 Å². The van der Waals surface area contributed by atoms with Crippen LogP contribution in [0, 0.1) is 0 Å². The molecule has 0 heterocycles. The van der Waals surface area contributed by atoms with Crippen molar-refractivity contribution in [1.82, 2.24) is 5.32 Å². The number of allylic oxidation sites excluding steroid dienone is 8. The van der Waals surface area contributed by atoms with Gasteiger partial charge in [0.1, 0.15) is 12.2 Å². The van der Waals surface area contributed by atoms with E-state index in [9.17, 15) is 25.2 Å². The first-order chi connectivity index (χ1) is 37.0. The molecule has 0 saturated carbocycles. The average molecular weight is 1050 g/mol. The Bertz CT molecular complexity index is 1230. The molecule has 0 aliphatic rings. The lowest BCUT2D eigenvalue weighted by Gasteiger charge is -2.27. The van der Waals surface area contributed by atoms with Gasteiger partial charge in [-0.1, -0.05) is 319 Å². The maximum Gasteiger partial charge on any atom is 0.249 e. The first-order valence-electron chi connectivity index (χ1n) is 33.5. The summed E-state index contributed by atoms with van der Waals surface area (Å²) in [5.41, 5.74) is 0. The molecule has 0 bridgehead atoms. The second kappa shape index (κ2) is 63.1. The van der Waals surface area contributed by atoms with Gasteiger partial charge >= 0.3 is 0 Å². The maximum atomic E-state index is 12.6. The largest absolute Gasteiger partial charge is 0.394 e. The molecule has 0 aliphatic heterocycles. The molecule has 0 aromatic rings. The van der Waals surface area contributed by atoms with Crippen molar-refractivity contribution >= 4 is 5.91 Å². The van der Waals surface area contributed by atoms with E-state index in [1.54, 1.807) is 0 Å². The van der Waals surface area contributed by atoms with Crippen LogP contribution in [-0.2, 0) is 4.79 Å². The number of carbonyl (C=O) groups is 1. The van der Waals surface area contributed by atoms with E-state index in [2.05, 4.69) is 67.8 Å². The molecule has 1 amide bonds. The van der Waals surface area contributed by atoms with E-state index in [4.69, 9.17) is 0 Å². The van der Waals surface area contributed by atoms with Gasteiger partial charge in [-0.15, -0.1) is 0 Å². The molecule has 0 rings (SSSR count). The summed E-state index contributed by atoms with van der Waals surface area (Å²) in [4.78, 5) is 12.6. The van der Waals surface area contributed by atoms with Crippen LogP contribution in [0.15, 0.2) is 48.6 Å². The Balaban J connectivity index is 3.63. The number of hydrogen-bond donors (Lipinski definition) is 5. The van der Waals surface area contributed by atoms with Crippen molar-refractivity contribution in [2.45, 2.75) is 379 Å². The fourth-order valence-corrected chi connectivity index (χ4v) is 10.5. The summed E-state index contributed by atoms with van der Waals surface area (Å²) in [5.74, 6) is -0.595.